The first-order valence-corrected chi connectivity index (χ1v) is 11.9. The molecule has 3 heterocycles. The standard InChI is InChI=1S/C25H30BN3O5/c1-24(2)25(3,4)34-26(33-24)19-9-8-18-21-16(19)6-5-7-17(21)22(31)29(23(18)32)13-10-20(30)28-14-11-27-12-15-28/h5-9,27H,10-15H2,1-4H3. The number of nitrogens with zero attached hydrogens (tertiary/aromatic N) is 2. The monoisotopic (exact) mass is 463 g/mol. The molecule has 178 valence electrons. The van der Waals surface area contributed by atoms with Crippen molar-refractivity contribution in [1.82, 2.24) is 15.1 Å². The molecule has 0 aromatic heterocycles. The third-order valence-electron chi connectivity index (χ3n) is 7.55. The molecule has 0 aliphatic carbocycles. The fourth-order valence-electron chi connectivity index (χ4n) is 4.83. The lowest BCUT2D eigenvalue weighted by molar-refractivity contribution is -0.131. The van der Waals surface area contributed by atoms with Crippen LogP contribution < -0.4 is 10.8 Å². The van der Waals surface area contributed by atoms with E-state index >= 15 is 0 Å². The van der Waals surface area contributed by atoms with Gasteiger partial charge in [-0.3, -0.25) is 19.3 Å². The molecule has 2 aromatic carbocycles. The highest BCUT2D eigenvalue weighted by Crippen LogP contribution is 2.38. The number of carbonyl (C=O) groups is 3. The molecule has 0 bridgehead atoms. The van der Waals surface area contributed by atoms with Crippen LogP contribution in [0.1, 0.15) is 54.8 Å². The second-order valence-corrected chi connectivity index (χ2v) is 10.2. The lowest BCUT2D eigenvalue weighted by Gasteiger charge is -2.32. The van der Waals surface area contributed by atoms with Gasteiger partial charge in [0, 0.05) is 55.7 Å². The molecular weight excluding hydrogens is 433 g/mol. The Bertz CT molecular complexity index is 1150. The molecule has 3 amide bonds. The van der Waals surface area contributed by atoms with Crippen LogP contribution in [0.4, 0.5) is 0 Å². The number of piperazine rings is 1. The molecular formula is C25H30BN3O5. The second-order valence-electron chi connectivity index (χ2n) is 10.2. The van der Waals surface area contributed by atoms with E-state index in [2.05, 4.69) is 5.32 Å². The van der Waals surface area contributed by atoms with Gasteiger partial charge in [0.25, 0.3) is 11.8 Å². The van der Waals surface area contributed by atoms with Gasteiger partial charge in [-0.2, -0.15) is 0 Å². The molecule has 0 spiro atoms. The van der Waals surface area contributed by atoms with E-state index in [1.165, 1.54) is 4.90 Å². The molecule has 2 fully saturated rings. The van der Waals surface area contributed by atoms with Crippen molar-refractivity contribution in [3.8, 4) is 0 Å². The summed E-state index contributed by atoms with van der Waals surface area (Å²) in [6, 6.07) is 9.04. The number of hydrogen-bond donors (Lipinski definition) is 1. The Hall–Kier alpha value is -2.75. The van der Waals surface area contributed by atoms with Gasteiger partial charge < -0.3 is 19.5 Å². The summed E-state index contributed by atoms with van der Waals surface area (Å²) in [5.74, 6) is -0.785. The zero-order chi connectivity index (χ0) is 24.3. The van der Waals surface area contributed by atoms with Crippen LogP contribution in [0.3, 0.4) is 0 Å². The van der Waals surface area contributed by atoms with Crippen LogP contribution in [-0.2, 0) is 14.1 Å². The Morgan fingerprint density at radius 1 is 0.971 bits per heavy atom. The minimum Gasteiger partial charge on any atom is -0.399 e. The minimum absolute atomic E-state index is 0.0396. The highest BCUT2D eigenvalue weighted by Gasteiger charge is 2.52. The first kappa shape index (κ1) is 23.0. The Morgan fingerprint density at radius 2 is 1.59 bits per heavy atom. The van der Waals surface area contributed by atoms with E-state index in [4.69, 9.17) is 9.31 Å². The van der Waals surface area contributed by atoms with Crippen molar-refractivity contribution < 1.29 is 23.7 Å². The van der Waals surface area contributed by atoms with Crippen molar-refractivity contribution >= 4 is 41.1 Å². The predicted molar refractivity (Wildman–Crippen MR) is 129 cm³/mol. The lowest BCUT2D eigenvalue weighted by Crippen LogP contribution is -2.48. The molecule has 3 aliphatic rings. The third kappa shape index (κ3) is 3.63. The van der Waals surface area contributed by atoms with E-state index in [0.717, 1.165) is 23.9 Å². The third-order valence-corrected chi connectivity index (χ3v) is 7.55. The Labute approximate surface area is 199 Å². The summed E-state index contributed by atoms with van der Waals surface area (Å²) < 4.78 is 12.5. The van der Waals surface area contributed by atoms with Crippen molar-refractivity contribution in [1.29, 1.82) is 0 Å². The second kappa shape index (κ2) is 8.18. The summed E-state index contributed by atoms with van der Waals surface area (Å²) in [5, 5.41) is 4.60. The maximum atomic E-state index is 13.3. The Balaban J connectivity index is 1.44. The average molecular weight is 463 g/mol. The summed E-state index contributed by atoms with van der Waals surface area (Å²) in [5.41, 5.74) is 0.704. The molecule has 0 unspecified atom stereocenters. The van der Waals surface area contributed by atoms with Gasteiger partial charge >= 0.3 is 7.12 Å². The molecule has 3 aliphatic heterocycles. The maximum Gasteiger partial charge on any atom is 0.495 e. The smallest absolute Gasteiger partial charge is 0.399 e. The fourth-order valence-corrected chi connectivity index (χ4v) is 4.83. The van der Waals surface area contributed by atoms with Gasteiger partial charge in [0.2, 0.25) is 5.91 Å². The van der Waals surface area contributed by atoms with E-state index in [1.807, 2.05) is 45.9 Å². The maximum absolute atomic E-state index is 13.3. The molecule has 8 nitrogen and oxygen atoms in total. The zero-order valence-electron chi connectivity index (χ0n) is 20.1. The molecule has 0 radical (unpaired) electrons. The molecule has 2 saturated heterocycles. The number of nitrogens with one attached hydrogen (secondary N) is 1. The lowest BCUT2D eigenvalue weighted by atomic mass is 9.74. The Morgan fingerprint density at radius 3 is 2.24 bits per heavy atom. The van der Waals surface area contributed by atoms with Crippen LogP contribution in [-0.4, -0.2) is 78.6 Å². The number of benzene rings is 2. The normalized spacial score (nSPS) is 21.5. The van der Waals surface area contributed by atoms with Crippen LogP contribution in [0.15, 0.2) is 30.3 Å². The number of carbonyl (C=O) groups excluding carboxylic acids is 3. The van der Waals surface area contributed by atoms with Gasteiger partial charge in [0.05, 0.1) is 11.2 Å². The first-order valence-electron chi connectivity index (χ1n) is 11.9. The minimum atomic E-state index is -0.603. The van der Waals surface area contributed by atoms with E-state index < -0.39 is 18.3 Å². The highest BCUT2D eigenvalue weighted by molar-refractivity contribution is 6.65. The SMILES string of the molecule is CC1(C)OB(c2ccc3c4c(cccc24)C(=O)N(CCC(=O)N2CCNCC2)C3=O)OC1(C)C. The van der Waals surface area contributed by atoms with Crippen molar-refractivity contribution in [2.45, 2.75) is 45.3 Å². The van der Waals surface area contributed by atoms with E-state index in [9.17, 15) is 14.4 Å². The van der Waals surface area contributed by atoms with Gasteiger partial charge in [-0.15, -0.1) is 0 Å². The first-order chi connectivity index (χ1) is 16.1. The number of imide groups is 1. The van der Waals surface area contributed by atoms with Crippen LogP contribution in [0.25, 0.3) is 10.8 Å². The zero-order valence-corrected chi connectivity index (χ0v) is 20.1. The summed E-state index contributed by atoms with van der Waals surface area (Å²) in [6.45, 7) is 10.8. The number of amides is 3. The molecule has 9 heteroatoms. The van der Waals surface area contributed by atoms with Crippen LogP contribution in [0, 0.1) is 0 Å². The van der Waals surface area contributed by atoms with Crippen molar-refractivity contribution in [2.24, 2.45) is 0 Å². The highest BCUT2D eigenvalue weighted by atomic mass is 16.7. The van der Waals surface area contributed by atoms with Gasteiger partial charge in [-0.05, 0) is 50.7 Å². The van der Waals surface area contributed by atoms with Gasteiger partial charge in [0.15, 0.2) is 0 Å². The average Bonchev–Trinajstić information content (AvgIpc) is 3.03. The van der Waals surface area contributed by atoms with Crippen molar-refractivity contribution in [3.05, 3.63) is 41.5 Å². The Kier molecular flexibility index (Phi) is 5.54. The van der Waals surface area contributed by atoms with Crippen LogP contribution in [0.2, 0.25) is 0 Å². The van der Waals surface area contributed by atoms with Gasteiger partial charge in [0.1, 0.15) is 0 Å². The van der Waals surface area contributed by atoms with Crippen LogP contribution >= 0.6 is 0 Å². The summed E-state index contributed by atoms with van der Waals surface area (Å²) in [6.07, 6.45) is 0.120. The molecule has 34 heavy (non-hydrogen) atoms. The molecule has 0 saturated carbocycles. The van der Waals surface area contributed by atoms with E-state index in [0.29, 0.717) is 29.6 Å². The molecule has 2 aromatic rings. The fraction of sp³-hybridized carbons (Fsp3) is 0.480. The van der Waals surface area contributed by atoms with Gasteiger partial charge in [-0.25, -0.2) is 0 Å². The topological polar surface area (TPSA) is 88.2 Å². The summed E-state index contributed by atoms with van der Waals surface area (Å²) >= 11 is 0. The van der Waals surface area contributed by atoms with E-state index in [-0.39, 0.29) is 30.7 Å². The molecule has 5 rings (SSSR count). The molecule has 0 atom stereocenters. The molecule has 1 N–H and O–H groups in total. The summed E-state index contributed by atoms with van der Waals surface area (Å²) in [7, 11) is -0.603. The summed E-state index contributed by atoms with van der Waals surface area (Å²) in [4.78, 5) is 42.3. The quantitative estimate of drug-likeness (QED) is 0.547. The van der Waals surface area contributed by atoms with Crippen molar-refractivity contribution in [3.63, 3.8) is 0 Å². The van der Waals surface area contributed by atoms with Gasteiger partial charge in [-0.1, -0.05) is 18.2 Å². The number of rotatable bonds is 4. The predicted octanol–water partition coefficient (Wildman–Crippen LogP) is 1.56. The van der Waals surface area contributed by atoms with E-state index in [1.54, 1.807) is 17.0 Å². The number of hydrogen-bond acceptors (Lipinski definition) is 6. The van der Waals surface area contributed by atoms with Crippen molar-refractivity contribution in [2.75, 3.05) is 32.7 Å². The van der Waals surface area contributed by atoms with Crippen LogP contribution in [0.5, 0.6) is 0 Å². The largest absolute Gasteiger partial charge is 0.495 e.